The summed E-state index contributed by atoms with van der Waals surface area (Å²) in [6.07, 6.45) is 4.56. The zero-order valence-electron chi connectivity index (χ0n) is 11.4. The van der Waals surface area contributed by atoms with Crippen LogP contribution < -0.4 is 0 Å². The molecule has 0 radical (unpaired) electrons. The van der Waals surface area contributed by atoms with Crippen molar-refractivity contribution in [2.45, 2.75) is 31.1 Å². The quantitative estimate of drug-likeness (QED) is 0.691. The van der Waals surface area contributed by atoms with E-state index in [4.69, 9.17) is 0 Å². The zero-order valence-corrected chi connectivity index (χ0v) is 13.0. The first-order valence-electron chi connectivity index (χ1n) is 7.12. The van der Waals surface area contributed by atoms with E-state index in [0.29, 0.717) is 0 Å². The Kier molecular flexibility index (Phi) is 3.93. The Balaban J connectivity index is 1.98. The molecule has 0 saturated carbocycles. The lowest BCUT2D eigenvalue weighted by molar-refractivity contribution is 0.401. The lowest BCUT2D eigenvalue weighted by Gasteiger charge is -2.38. The highest BCUT2D eigenvalue weighted by Crippen LogP contribution is 2.41. The molecule has 2 heteroatoms. The predicted octanol–water partition coefficient (Wildman–Crippen LogP) is 5.04. The molecule has 0 fully saturated rings. The molecule has 0 spiro atoms. The minimum Gasteiger partial charge on any atom is -0.207 e. The van der Waals surface area contributed by atoms with Crippen molar-refractivity contribution in [2.24, 2.45) is 0 Å². The van der Waals surface area contributed by atoms with E-state index >= 15 is 0 Å². The number of hydrogen-bond donors (Lipinski definition) is 0. The minimum absolute atomic E-state index is 0.146. The molecule has 2 aromatic carbocycles. The van der Waals surface area contributed by atoms with Gasteiger partial charge in [-0.1, -0.05) is 52.3 Å². The van der Waals surface area contributed by atoms with Crippen LogP contribution >= 0.6 is 15.9 Å². The van der Waals surface area contributed by atoms with Crippen LogP contribution in [-0.4, -0.2) is 5.33 Å². The first kappa shape index (κ1) is 13.8. The molecule has 0 aliphatic heterocycles. The smallest absolute Gasteiger partial charge is 0.123 e. The Morgan fingerprint density at radius 3 is 2.55 bits per heavy atom. The Bertz CT molecular complexity index is 591. The van der Waals surface area contributed by atoms with E-state index in [2.05, 4.69) is 40.2 Å². The van der Waals surface area contributed by atoms with E-state index in [1.807, 2.05) is 12.1 Å². The number of rotatable bonds is 3. The topological polar surface area (TPSA) is 0 Å². The van der Waals surface area contributed by atoms with Crippen LogP contribution in [0.4, 0.5) is 4.39 Å². The van der Waals surface area contributed by atoms with Crippen molar-refractivity contribution < 1.29 is 4.39 Å². The predicted molar refractivity (Wildman–Crippen MR) is 85.0 cm³/mol. The average molecular weight is 333 g/mol. The highest BCUT2D eigenvalue weighted by molar-refractivity contribution is 9.09. The fraction of sp³-hybridized carbons (Fsp3) is 0.333. The monoisotopic (exact) mass is 332 g/mol. The molecule has 0 N–H and O–H groups in total. The highest BCUT2D eigenvalue weighted by atomic mass is 79.9. The van der Waals surface area contributed by atoms with Crippen LogP contribution in [-0.2, 0) is 18.3 Å². The molecule has 1 aliphatic carbocycles. The summed E-state index contributed by atoms with van der Waals surface area (Å²) in [7, 11) is 0. The summed E-state index contributed by atoms with van der Waals surface area (Å²) in [5, 5.41) is 0.953. The van der Waals surface area contributed by atoms with Gasteiger partial charge in [-0.2, -0.15) is 0 Å². The molecule has 0 nitrogen and oxygen atoms in total. The number of alkyl halides is 1. The average Bonchev–Trinajstić information content (AvgIpc) is 2.50. The van der Waals surface area contributed by atoms with E-state index in [0.717, 1.165) is 11.8 Å². The van der Waals surface area contributed by atoms with Gasteiger partial charge in [-0.15, -0.1) is 0 Å². The van der Waals surface area contributed by atoms with Gasteiger partial charge in [0.25, 0.3) is 0 Å². The lowest BCUT2D eigenvalue weighted by atomic mass is 9.68. The van der Waals surface area contributed by atoms with E-state index in [1.54, 1.807) is 12.1 Å². The first-order valence-corrected chi connectivity index (χ1v) is 8.24. The molecule has 2 aromatic rings. The number of benzene rings is 2. The minimum atomic E-state index is -0.161. The van der Waals surface area contributed by atoms with Gasteiger partial charge >= 0.3 is 0 Å². The normalized spacial score (nSPS) is 21.5. The maximum atomic E-state index is 13.1. The number of fused-ring (bicyclic) bond motifs is 1. The summed E-state index contributed by atoms with van der Waals surface area (Å²) in [6.45, 7) is 0. The molecule has 20 heavy (non-hydrogen) atoms. The van der Waals surface area contributed by atoms with Gasteiger partial charge in [0, 0.05) is 10.7 Å². The van der Waals surface area contributed by atoms with Gasteiger partial charge in [-0.3, -0.25) is 0 Å². The Morgan fingerprint density at radius 1 is 1.05 bits per heavy atom. The molecule has 1 aliphatic rings. The molecule has 0 aromatic heterocycles. The van der Waals surface area contributed by atoms with E-state index in [1.165, 1.54) is 36.0 Å². The fourth-order valence-electron chi connectivity index (χ4n) is 3.37. The molecule has 0 amide bonds. The number of halogens is 2. The van der Waals surface area contributed by atoms with Crippen LogP contribution in [0.25, 0.3) is 0 Å². The molecule has 1 atom stereocenters. The number of aryl methyl sites for hydroxylation is 1. The van der Waals surface area contributed by atoms with E-state index in [-0.39, 0.29) is 11.2 Å². The van der Waals surface area contributed by atoms with Gasteiger partial charge < -0.3 is 0 Å². The van der Waals surface area contributed by atoms with Gasteiger partial charge in [-0.05, 0) is 54.5 Å². The van der Waals surface area contributed by atoms with Crippen LogP contribution in [0.3, 0.4) is 0 Å². The summed E-state index contributed by atoms with van der Waals surface area (Å²) in [6, 6.07) is 15.7. The molecular weight excluding hydrogens is 315 g/mol. The Hall–Kier alpha value is -1.15. The van der Waals surface area contributed by atoms with Crippen molar-refractivity contribution in [3.63, 3.8) is 0 Å². The fourth-order valence-corrected chi connectivity index (χ4v) is 4.15. The van der Waals surface area contributed by atoms with Crippen LogP contribution in [0, 0.1) is 5.82 Å². The van der Waals surface area contributed by atoms with Gasteiger partial charge in [0.15, 0.2) is 0 Å². The third kappa shape index (κ3) is 2.54. The van der Waals surface area contributed by atoms with Crippen molar-refractivity contribution in [3.05, 3.63) is 71.0 Å². The molecule has 0 heterocycles. The highest BCUT2D eigenvalue weighted by Gasteiger charge is 2.35. The second-order valence-corrected chi connectivity index (χ2v) is 6.29. The zero-order chi connectivity index (χ0) is 14.0. The first-order chi connectivity index (χ1) is 9.73. The summed E-state index contributed by atoms with van der Waals surface area (Å²) in [4.78, 5) is 0. The SMILES string of the molecule is Fc1ccc(CC2(CBr)CCCc3ccccc32)cc1. The molecule has 1 unspecified atom stereocenters. The summed E-state index contributed by atoms with van der Waals surface area (Å²) < 4.78 is 13.1. The molecule has 104 valence electrons. The van der Waals surface area contributed by atoms with Gasteiger partial charge in [-0.25, -0.2) is 4.39 Å². The standard InChI is InChI=1S/C18H18BrF/c19-13-18(12-14-7-9-16(20)10-8-14)11-3-5-15-4-1-2-6-17(15)18/h1-2,4,6-10H,3,5,11-13H2. The molecule has 0 saturated heterocycles. The maximum absolute atomic E-state index is 13.1. The Morgan fingerprint density at radius 2 is 1.80 bits per heavy atom. The van der Waals surface area contributed by atoms with Gasteiger partial charge in [0.2, 0.25) is 0 Å². The number of hydrogen-bond acceptors (Lipinski definition) is 0. The van der Waals surface area contributed by atoms with Crippen molar-refractivity contribution in [1.29, 1.82) is 0 Å². The Labute approximate surface area is 128 Å². The lowest BCUT2D eigenvalue weighted by Crippen LogP contribution is -2.35. The van der Waals surface area contributed by atoms with E-state index < -0.39 is 0 Å². The summed E-state index contributed by atoms with van der Waals surface area (Å²) in [5.41, 5.74) is 4.29. The van der Waals surface area contributed by atoms with Crippen LogP contribution in [0.5, 0.6) is 0 Å². The van der Waals surface area contributed by atoms with Crippen LogP contribution in [0.1, 0.15) is 29.5 Å². The van der Waals surface area contributed by atoms with Crippen molar-refractivity contribution in [1.82, 2.24) is 0 Å². The molecule has 3 rings (SSSR count). The van der Waals surface area contributed by atoms with Crippen molar-refractivity contribution in [2.75, 3.05) is 5.33 Å². The largest absolute Gasteiger partial charge is 0.207 e. The van der Waals surface area contributed by atoms with E-state index in [9.17, 15) is 4.39 Å². The van der Waals surface area contributed by atoms with Crippen LogP contribution in [0.15, 0.2) is 48.5 Å². The second-order valence-electron chi connectivity index (χ2n) is 5.73. The second kappa shape index (κ2) is 5.69. The van der Waals surface area contributed by atoms with Crippen LogP contribution in [0.2, 0.25) is 0 Å². The van der Waals surface area contributed by atoms with Gasteiger partial charge in [0.05, 0.1) is 0 Å². The van der Waals surface area contributed by atoms with Crippen molar-refractivity contribution in [3.8, 4) is 0 Å². The third-order valence-electron chi connectivity index (χ3n) is 4.40. The summed E-state index contributed by atoms with van der Waals surface area (Å²) in [5.74, 6) is -0.161. The third-order valence-corrected chi connectivity index (χ3v) is 5.48. The molecule has 0 bridgehead atoms. The van der Waals surface area contributed by atoms with Crippen molar-refractivity contribution >= 4 is 15.9 Å². The summed E-state index contributed by atoms with van der Waals surface area (Å²) >= 11 is 3.74. The maximum Gasteiger partial charge on any atom is 0.123 e. The van der Waals surface area contributed by atoms with Gasteiger partial charge in [0.1, 0.15) is 5.82 Å². The molecular formula is C18H18BrF.